The van der Waals surface area contributed by atoms with Crippen LogP contribution in [0.1, 0.15) is 30.1 Å². The number of hydrogen-bond acceptors (Lipinski definition) is 4. The second kappa shape index (κ2) is 3.88. The fraction of sp³-hybridized carbons (Fsp3) is 0.385. The molecule has 6 nitrogen and oxygen atoms in total. The summed E-state index contributed by atoms with van der Waals surface area (Å²) in [6.45, 7) is 1.57. The monoisotopic (exact) mass is 259 g/mol. The zero-order valence-corrected chi connectivity index (χ0v) is 10.4. The van der Waals surface area contributed by atoms with Crippen molar-refractivity contribution in [3.63, 3.8) is 0 Å². The molecule has 6 heteroatoms. The Morgan fingerprint density at radius 2 is 2.00 bits per heavy atom. The van der Waals surface area contributed by atoms with Crippen molar-refractivity contribution in [2.45, 2.75) is 25.6 Å². The number of hydrogen-bond donors (Lipinski definition) is 2. The average molecular weight is 259 g/mol. The summed E-state index contributed by atoms with van der Waals surface area (Å²) in [5.74, 6) is -0.909. The number of fused-ring (bicyclic) bond motifs is 1. The van der Waals surface area contributed by atoms with Gasteiger partial charge in [0.05, 0.1) is 10.7 Å². The fourth-order valence-corrected chi connectivity index (χ4v) is 2.19. The first-order valence-electron chi connectivity index (χ1n) is 6.12. The molecule has 1 aromatic carbocycles. The van der Waals surface area contributed by atoms with E-state index in [2.05, 4.69) is 15.3 Å². The molecular formula is C13H13N3O3. The second-order valence-corrected chi connectivity index (χ2v) is 5.02. The topological polar surface area (TPSA) is 91.1 Å². The third-order valence-corrected chi connectivity index (χ3v) is 3.23. The van der Waals surface area contributed by atoms with Crippen LogP contribution in [0.25, 0.3) is 0 Å². The van der Waals surface area contributed by atoms with Gasteiger partial charge in [-0.05, 0) is 31.0 Å². The Morgan fingerprint density at radius 1 is 1.32 bits per heavy atom. The number of benzene rings is 1. The van der Waals surface area contributed by atoms with Crippen LogP contribution in [-0.2, 0) is 0 Å². The molecule has 1 aliphatic heterocycles. The van der Waals surface area contributed by atoms with Crippen LogP contribution in [-0.4, -0.2) is 22.8 Å². The van der Waals surface area contributed by atoms with Crippen LogP contribution in [0.5, 0.6) is 0 Å². The predicted octanol–water partition coefficient (Wildman–Crippen LogP) is 0.473. The number of carbonyl (C=O) groups excluding carboxylic acids is 1. The third-order valence-electron chi connectivity index (χ3n) is 3.23. The minimum absolute atomic E-state index is 0.137. The van der Waals surface area contributed by atoms with Crippen LogP contribution in [0.15, 0.2) is 28.2 Å². The maximum atomic E-state index is 12.0. The van der Waals surface area contributed by atoms with Gasteiger partial charge in [0.1, 0.15) is 0 Å². The number of nitrogens with zero attached hydrogens (tertiary/aromatic N) is 2. The minimum Gasteiger partial charge on any atom is -0.465 e. The lowest BCUT2D eigenvalue weighted by molar-refractivity contribution is 0.0967. The molecule has 1 unspecified atom stereocenters. The van der Waals surface area contributed by atoms with E-state index in [0.29, 0.717) is 16.3 Å². The van der Waals surface area contributed by atoms with Crippen LogP contribution < -0.4 is 16.0 Å². The molecule has 0 aromatic heterocycles. The summed E-state index contributed by atoms with van der Waals surface area (Å²) in [5, 5.41) is 12.2. The average Bonchev–Trinajstić information content (AvgIpc) is 3.09. The molecule has 19 heavy (non-hydrogen) atoms. The van der Waals surface area contributed by atoms with Gasteiger partial charge in [-0.3, -0.25) is 10.1 Å². The first-order valence-corrected chi connectivity index (χ1v) is 6.12. The number of carbonyl (C=O) groups is 2. The van der Waals surface area contributed by atoms with Crippen molar-refractivity contribution in [1.29, 1.82) is 0 Å². The first-order chi connectivity index (χ1) is 8.97. The van der Waals surface area contributed by atoms with Gasteiger partial charge in [-0.25, -0.2) is 14.8 Å². The predicted molar refractivity (Wildman–Crippen MR) is 65.4 cm³/mol. The maximum Gasteiger partial charge on any atom is 0.408 e. The Bertz CT molecular complexity index is 694. The van der Waals surface area contributed by atoms with Crippen molar-refractivity contribution in [3.05, 3.63) is 34.5 Å². The van der Waals surface area contributed by atoms with Crippen LogP contribution in [0.4, 0.5) is 4.79 Å². The molecule has 0 saturated heterocycles. The normalized spacial score (nSPS) is 24.1. The Morgan fingerprint density at radius 3 is 2.63 bits per heavy atom. The molecule has 1 heterocycles. The maximum absolute atomic E-state index is 12.0. The lowest BCUT2D eigenvalue weighted by atomic mass is 10.1. The molecule has 98 valence electrons. The standard InChI is InChI=1S/C13H13N3O3/c1-13(16-12(18)19)14-9-5-4-8(6-10(9)15-13)11(17)7-2-3-7/h4-7,16H,2-3H2,1H3,(H,18,19). The summed E-state index contributed by atoms with van der Waals surface area (Å²) in [5.41, 5.74) is 0.625. The smallest absolute Gasteiger partial charge is 0.408 e. The molecule has 1 fully saturated rings. The van der Waals surface area contributed by atoms with Gasteiger partial charge in [-0.2, -0.15) is 0 Å². The Hall–Kier alpha value is -2.24. The summed E-state index contributed by atoms with van der Waals surface area (Å²) >= 11 is 0. The van der Waals surface area contributed by atoms with E-state index in [4.69, 9.17) is 5.11 Å². The molecule has 1 aromatic rings. The highest BCUT2D eigenvalue weighted by Gasteiger charge is 2.31. The Labute approximate surface area is 108 Å². The van der Waals surface area contributed by atoms with E-state index in [1.165, 1.54) is 0 Å². The van der Waals surface area contributed by atoms with Crippen LogP contribution in [0.3, 0.4) is 0 Å². The van der Waals surface area contributed by atoms with Gasteiger partial charge in [0.2, 0.25) is 5.79 Å². The largest absolute Gasteiger partial charge is 0.465 e. The third kappa shape index (κ3) is 2.21. The summed E-state index contributed by atoms with van der Waals surface area (Å²) in [6, 6.07) is 5.13. The van der Waals surface area contributed by atoms with E-state index in [0.717, 1.165) is 12.8 Å². The molecule has 0 bridgehead atoms. The summed E-state index contributed by atoms with van der Waals surface area (Å²) in [7, 11) is 0. The van der Waals surface area contributed by atoms with Gasteiger partial charge < -0.3 is 5.11 Å². The molecule has 1 amide bonds. The highest BCUT2D eigenvalue weighted by molar-refractivity contribution is 5.99. The number of nitrogens with one attached hydrogen (secondary N) is 1. The highest BCUT2D eigenvalue weighted by Crippen LogP contribution is 2.32. The van der Waals surface area contributed by atoms with Crippen molar-refractivity contribution in [2.24, 2.45) is 15.9 Å². The van der Waals surface area contributed by atoms with Gasteiger partial charge in [-0.15, -0.1) is 0 Å². The van der Waals surface area contributed by atoms with E-state index >= 15 is 0 Å². The van der Waals surface area contributed by atoms with Gasteiger partial charge in [0.15, 0.2) is 5.78 Å². The quantitative estimate of drug-likeness (QED) is 0.773. The van der Waals surface area contributed by atoms with Crippen molar-refractivity contribution in [3.8, 4) is 0 Å². The first kappa shape index (κ1) is 11.8. The SMILES string of the molecule is CC1(NC(=O)O)N=c2ccc(C(=O)C3CC3)cc2=N1. The fourth-order valence-electron chi connectivity index (χ4n) is 2.19. The second-order valence-electron chi connectivity index (χ2n) is 5.02. The molecule has 0 radical (unpaired) electrons. The van der Waals surface area contributed by atoms with E-state index in [1.54, 1.807) is 25.1 Å². The molecule has 1 saturated carbocycles. The highest BCUT2D eigenvalue weighted by atomic mass is 16.4. The van der Waals surface area contributed by atoms with E-state index < -0.39 is 11.9 Å². The summed E-state index contributed by atoms with van der Waals surface area (Å²) in [4.78, 5) is 31.1. The number of Topliss-reactive ketones (excluding diaryl/α,β-unsaturated/α-hetero) is 1. The van der Waals surface area contributed by atoms with Crippen LogP contribution in [0.2, 0.25) is 0 Å². The van der Waals surface area contributed by atoms with Gasteiger partial charge in [0.25, 0.3) is 0 Å². The molecule has 2 N–H and O–H groups in total. The van der Waals surface area contributed by atoms with Crippen molar-refractivity contribution >= 4 is 11.9 Å². The minimum atomic E-state index is -1.20. The van der Waals surface area contributed by atoms with Crippen molar-refractivity contribution in [2.75, 3.05) is 0 Å². The van der Waals surface area contributed by atoms with Gasteiger partial charge in [-0.1, -0.05) is 0 Å². The molecule has 2 aliphatic rings. The van der Waals surface area contributed by atoms with Crippen LogP contribution >= 0.6 is 0 Å². The van der Waals surface area contributed by atoms with Crippen LogP contribution in [0, 0.1) is 5.92 Å². The number of rotatable bonds is 3. The van der Waals surface area contributed by atoms with Crippen molar-refractivity contribution < 1.29 is 14.7 Å². The van der Waals surface area contributed by atoms with Gasteiger partial charge >= 0.3 is 6.09 Å². The molecular weight excluding hydrogens is 246 g/mol. The van der Waals surface area contributed by atoms with E-state index in [-0.39, 0.29) is 11.7 Å². The Balaban J connectivity index is 1.99. The lowest BCUT2D eigenvalue weighted by Gasteiger charge is -2.16. The summed E-state index contributed by atoms with van der Waals surface area (Å²) < 4.78 is 0. The molecule has 1 atom stereocenters. The zero-order chi connectivity index (χ0) is 13.6. The number of ketones is 1. The van der Waals surface area contributed by atoms with E-state index in [1.807, 2.05) is 0 Å². The Kier molecular flexibility index (Phi) is 2.41. The molecule has 0 spiro atoms. The molecule has 3 rings (SSSR count). The molecule has 1 aliphatic carbocycles. The van der Waals surface area contributed by atoms with Gasteiger partial charge in [0, 0.05) is 18.4 Å². The lowest BCUT2D eigenvalue weighted by Crippen LogP contribution is -2.41. The summed E-state index contributed by atoms with van der Waals surface area (Å²) in [6.07, 6.45) is 0.725. The number of amides is 1. The number of carboxylic acid groups (broad SMARTS) is 1. The van der Waals surface area contributed by atoms with E-state index in [9.17, 15) is 9.59 Å². The van der Waals surface area contributed by atoms with Crippen molar-refractivity contribution in [1.82, 2.24) is 5.32 Å². The zero-order valence-electron chi connectivity index (χ0n) is 10.4.